The summed E-state index contributed by atoms with van der Waals surface area (Å²) in [6, 6.07) is 10.7. The number of hydrogen-bond acceptors (Lipinski definition) is 2. The van der Waals surface area contributed by atoms with Crippen molar-refractivity contribution < 1.29 is 5.11 Å². The Morgan fingerprint density at radius 1 is 1.21 bits per heavy atom. The minimum Gasteiger partial charge on any atom is -0.394 e. The van der Waals surface area contributed by atoms with E-state index < -0.39 is 0 Å². The molecule has 76 valence electrons. The minimum absolute atomic E-state index is 0.273. The summed E-state index contributed by atoms with van der Waals surface area (Å²) in [5.74, 6) is 0. The van der Waals surface area contributed by atoms with Crippen LogP contribution in [0.3, 0.4) is 0 Å². The Hall–Kier alpha value is -1.02. The lowest BCUT2D eigenvalue weighted by Crippen LogP contribution is -2.41. The van der Waals surface area contributed by atoms with Crippen molar-refractivity contribution >= 4 is 5.69 Å². The Labute approximate surface area is 85.2 Å². The summed E-state index contributed by atoms with van der Waals surface area (Å²) in [7, 11) is 0. The van der Waals surface area contributed by atoms with E-state index in [0.717, 1.165) is 13.0 Å². The predicted octanol–water partition coefficient (Wildman–Crippen LogP) is 2.04. The van der Waals surface area contributed by atoms with Crippen LogP contribution >= 0.6 is 0 Å². The van der Waals surface area contributed by atoms with Crippen LogP contribution in [0.2, 0.25) is 0 Å². The summed E-state index contributed by atoms with van der Waals surface area (Å²) < 4.78 is 0. The lowest BCUT2D eigenvalue weighted by atomic mass is 10.0. The van der Waals surface area contributed by atoms with Gasteiger partial charge in [-0.05, 0) is 31.4 Å². The Kier molecular flexibility index (Phi) is 3.04. The molecule has 1 saturated heterocycles. The maximum absolute atomic E-state index is 9.28. The highest BCUT2D eigenvalue weighted by Gasteiger charge is 2.21. The van der Waals surface area contributed by atoms with E-state index in [1.54, 1.807) is 0 Å². The molecule has 0 aromatic heterocycles. The van der Waals surface area contributed by atoms with Crippen molar-refractivity contribution in [3.63, 3.8) is 0 Å². The van der Waals surface area contributed by atoms with Crippen LogP contribution in [0.4, 0.5) is 5.69 Å². The van der Waals surface area contributed by atoms with Gasteiger partial charge in [-0.3, -0.25) is 0 Å². The van der Waals surface area contributed by atoms with Crippen LogP contribution in [0.15, 0.2) is 30.3 Å². The SMILES string of the molecule is OC[C@H]1CCCCN1c1ccccc1. The molecule has 1 aliphatic heterocycles. The van der Waals surface area contributed by atoms with Gasteiger partial charge in [0, 0.05) is 12.2 Å². The molecule has 1 atom stereocenters. The normalized spacial score (nSPS) is 22.4. The molecule has 0 bridgehead atoms. The zero-order valence-electron chi connectivity index (χ0n) is 8.39. The molecule has 2 heteroatoms. The largest absolute Gasteiger partial charge is 0.394 e. The second-order valence-electron chi connectivity index (χ2n) is 3.86. The van der Waals surface area contributed by atoms with Crippen LogP contribution < -0.4 is 4.90 Å². The standard InChI is InChI=1S/C12H17NO/c14-10-12-8-4-5-9-13(12)11-6-2-1-3-7-11/h1-3,6-7,12,14H,4-5,8-10H2/t12-/m1/s1. The molecule has 0 unspecified atom stereocenters. The average molecular weight is 191 g/mol. The van der Waals surface area contributed by atoms with Crippen molar-refractivity contribution in [2.24, 2.45) is 0 Å². The van der Waals surface area contributed by atoms with Crippen molar-refractivity contribution in [1.82, 2.24) is 0 Å². The number of aliphatic hydroxyl groups excluding tert-OH is 1. The molecule has 0 saturated carbocycles. The number of nitrogens with zero attached hydrogens (tertiary/aromatic N) is 1. The molecule has 1 aromatic carbocycles. The molecule has 2 nitrogen and oxygen atoms in total. The van der Waals surface area contributed by atoms with Gasteiger partial charge in [-0.15, -0.1) is 0 Å². The molecular weight excluding hydrogens is 174 g/mol. The Morgan fingerprint density at radius 3 is 2.71 bits per heavy atom. The van der Waals surface area contributed by atoms with Crippen LogP contribution in [0.25, 0.3) is 0 Å². The lowest BCUT2D eigenvalue weighted by Gasteiger charge is -2.36. The molecule has 1 aliphatic rings. The summed E-state index contributed by atoms with van der Waals surface area (Å²) in [5, 5.41) is 9.28. The molecule has 2 rings (SSSR count). The van der Waals surface area contributed by atoms with Gasteiger partial charge < -0.3 is 10.0 Å². The van der Waals surface area contributed by atoms with Crippen LogP contribution in [0, 0.1) is 0 Å². The van der Waals surface area contributed by atoms with E-state index in [0.29, 0.717) is 6.04 Å². The first-order valence-corrected chi connectivity index (χ1v) is 5.34. The first kappa shape index (κ1) is 9.53. The van der Waals surface area contributed by atoms with Crippen molar-refractivity contribution in [2.75, 3.05) is 18.1 Å². The van der Waals surface area contributed by atoms with Crippen molar-refractivity contribution in [1.29, 1.82) is 0 Å². The van der Waals surface area contributed by atoms with Gasteiger partial charge in [-0.1, -0.05) is 18.2 Å². The molecule has 0 aliphatic carbocycles. The first-order valence-electron chi connectivity index (χ1n) is 5.34. The first-order chi connectivity index (χ1) is 6.92. The van der Waals surface area contributed by atoms with E-state index in [1.165, 1.54) is 18.5 Å². The molecule has 1 fully saturated rings. The molecule has 0 amide bonds. The van der Waals surface area contributed by atoms with Crippen LogP contribution in [-0.4, -0.2) is 24.3 Å². The Morgan fingerprint density at radius 2 is 2.00 bits per heavy atom. The summed E-state index contributed by atoms with van der Waals surface area (Å²) in [4.78, 5) is 2.32. The monoisotopic (exact) mass is 191 g/mol. The summed E-state index contributed by atoms with van der Waals surface area (Å²) in [5.41, 5.74) is 1.24. The van der Waals surface area contributed by atoms with Gasteiger partial charge in [-0.2, -0.15) is 0 Å². The van der Waals surface area contributed by atoms with Gasteiger partial charge in [0.05, 0.1) is 12.6 Å². The van der Waals surface area contributed by atoms with Gasteiger partial charge in [0.25, 0.3) is 0 Å². The molecule has 0 spiro atoms. The fourth-order valence-corrected chi connectivity index (χ4v) is 2.15. The van der Waals surface area contributed by atoms with Gasteiger partial charge in [-0.25, -0.2) is 0 Å². The summed E-state index contributed by atoms with van der Waals surface area (Å²) >= 11 is 0. The molecule has 0 radical (unpaired) electrons. The summed E-state index contributed by atoms with van der Waals surface area (Å²) in [6.07, 6.45) is 3.60. The van der Waals surface area contributed by atoms with E-state index >= 15 is 0 Å². The van der Waals surface area contributed by atoms with Crippen LogP contribution in [-0.2, 0) is 0 Å². The number of rotatable bonds is 2. The minimum atomic E-state index is 0.273. The van der Waals surface area contributed by atoms with Gasteiger partial charge in [0.15, 0.2) is 0 Å². The predicted molar refractivity (Wildman–Crippen MR) is 58.5 cm³/mol. The second kappa shape index (κ2) is 4.47. The number of anilines is 1. The Bertz CT molecular complexity index is 273. The maximum atomic E-state index is 9.28. The third-order valence-electron chi connectivity index (χ3n) is 2.93. The molecule has 1 heterocycles. The summed E-state index contributed by atoms with van der Waals surface area (Å²) in [6.45, 7) is 1.35. The van der Waals surface area contributed by atoms with Crippen LogP contribution in [0.5, 0.6) is 0 Å². The molecule has 14 heavy (non-hydrogen) atoms. The fraction of sp³-hybridized carbons (Fsp3) is 0.500. The van der Waals surface area contributed by atoms with E-state index in [4.69, 9.17) is 0 Å². The number of hydrogen-bond donors (Lipinski definition) is 1. The van der Waals surface area contributed by atoms with Crippen molar-refractivity contribution in [2.45, 2.75) is 25.3 Å². The third-order valence-corrected chi connectivity index (χ3v) is 2.93. The number of benzene rings is 1. The van der Waals surface area contributed by atoms with Gasteiger partial charge in [0.1, 0.15) is 0 Å². The smallest absolute Gasteiger partial charge is 0.0635 e. The molecule has 1 aromatic rings. The number of piperidine rings is 1. The molecule has 1 N–H and O–H groups in total. The lowest BCUT2D eigenvalue weighted by molar-refractivity contribution is 0.240. The zero-order chi connectivity index (χ0) is 9.80. The number of aliphatic hydroxyl groups is 1. The van der Waals surface area contributed by atoms with E-state index in [1.807, 2.05) is 6.07 Å². The number of para-hydroxylation sites is 1. The van der Waals surface area contributed by atoms with Crippen molar-refractivity contribution in [3.8, 4) is 0 Å². The van der Waals surface area contributed by atoms with E-state index in [9.17, 15) is 5.11 Å². The van der Waals surface area contributed by atoms with E-state index in [-0.39, 0.29) is 6.61 Å². The fourth-order valence-electron chi connectivity index (χ4n) is 2.15. The van der Waals surface area contributed by atoms with Crippen molar-refractivity contribution in [3.05, 3.63) is 30.3 Å². The average Bonchev–Trinajstić information content (AvgIpc) is 2.30. The van der Waals surface area contributed by atoms with Gasteiger partial charge >= 0.3 is 0 Å². The highest BCUT2D eigenvalue weighted by molar-refractivity contribution is 5.47. The van der Waals surface area contributed by atoms with Gasteiger partial charge in [0.2, 0.25) is 0 Å². The van der Waals surface area contributed by atoms with E-state index in [2.05, 4.69) is 29.2 Å². The molecular formula is C12H17NO. The maximum Gasteiger partial charge on any atom is 0.0635 e. The highest BCUT2D eigenvalue weighted by Crippen LogP contribution is 2.23. The zero-order valence-corrected chi connectivity index (χ0v) is 8.39. The third kappa shape index (κ3) is 1.90. The Balaban J connectivity index is 2.15. The van der Waals surface area contributed by atoms with Crippen LogP contribution in [0.1, 0.15) is 19.3 Å². The topological polar surface area (TPSA) is 23.5 Å². The highest BCUT2D eigenvalue weighted by atomic mass is 16.3. The quantitative estimate of drug-likeness (QED) is 0.773. The second-order valence-corrected chi connectivity index (χ2v) is 3.86.